The number of thiol groups is 1. The van der Waals surface area contributed by atoms with E-state index in [1.54, 1.807) is 12.1 Å². The Morgan fingerprint density at radius 3 is 2.60 bits per heavy atom. The van der Waals surface area contributed by atoms with Crippen LogP contribution in [-0.4, -0.2) is 73.0 Å². The fourth-order valence-electron chi connectivity index (χ4n) is 4.21. The molecule has 0 spiro atoms. The number of piperazine rings is 1. The molecule has 1 aromatic rings. The van der Waals surface area contributed by atoms with Crippen LogP contribution in [0.4, 0.5) is 29.3 Å². The van der Waals surface area contributed by atoms with Gasteiger partial charge < -0.3 is 14.9 Å². The first-order valence-corrected chi connectivity index (χ1v) is 11.6. The van der Waals surface area contributed by atoms with Crippen molar-refractivity contribution in [2.75, 3.05) is 54.6 Å². The smallest absolute Gasteiger partial charge is 0.282 e. The zero-order valence-corrected chi connectivity index (χ0v) is 17.4. The summed E-state index contributed by atoms with van der Waals surface area (Å²) >= 11 is -1.28. The van der Waals surface area contributed by atoms with Gasteiger partial charge in [-0.1, -0.05) is 0 Å². The Hall–Kier alpha value is -1.98. The third-order valence-corrected chi connectivity index (χ3v) is 7.61. The molecule has 11 heteroatoms. The lowest BCUT2D eigenvalue weighted by Gasteiger charge is -2.44. The number of amides is 2. The highest BCUT2D eigenvalue weighted by Gasteiger charge is 2.45. The molecule has 1 aromatic carbocycles. The Morgan fingerprint density at radius 2 is 1.93 bits per heavy atom. The van der Waals surface area contributed by atoms with Gasteiger partial charge in [0, 0.05) is 44.0 Å². The van der Waals surface area contributed by atoms with Crippen LogP contribution in [-0.2, 0) is 4.79 Å². The molecule has 3 aliphatic rings. The molecule has 30 heavy (non-hydrogen) atoms. The van der Waals surface area contributed by atoms with Gasteiger partial charge in [0.1, 0.15) is 5.82 Å². The Morgan fingerprint density at radius 1 is 1.17 bits per heavy atom. The van der Waals surface area contributed by atoms with E-state index >= 15 is 0 Å². The molecule has 0 bridgehead atoms. The van der Waals surface area contributed by atoms with Crippen LogP contribution >= 0.6 is 11.1 Å². The highest BCUT2D eigenvalue weighted by Crippen LogP contribution is 2.34. The summed E-state index contributed by atoms with van der Waals surface area (Å²) in [6, 6.07) is 3.93. The Bertz CT molecular complexity index is 819. The maximum absolute atomic E-state index is 14.8. The summed E-state index contributed by atoms with van der Waals surface area (Å²) in [6.07, 6.45) is 0.676. The number of imide groups is 1. The summed E-state index contributed by atoms with van der Waals surface area (Å²) < 4.78 is 46.2. The Labute approximate surface area is 175 Å². The summed E-state index contributed by atoms with van der Waals surface area (Å²) in [5.41, 5.74) is 0.910. The molecule has 2 amide bonds. The molecular formula is C19H26F3N5O2S. The molecule has 3 heterocycles. The fourth-order valence-corrected chi connectivity index (χ4v) is 5.76. The number of nitrogens with one attached hydrogen (secondary N) is 3. The molecule has 0 saturated carbocycles. The van der Waals surface area contributed by atoms with Gasteiger partial charge in [0.2, 0.25) is 5.91 Å². The molecule has 166 valence electrons. The van der Waals surface area contributed by atoms with Gasteiger partial charge in [-0.3, -0.25) is 19.8 Å². The van der Waals surface area contributed by atoms with Crippen molar-refractivity contribution in [3.63, 3.8) is 0 Å². The first-order chi connectivity index (χ1) is 14.3. The molecule has 3 fully saturated rings. The summed E-state index contributed by atoms with van der Waals surface area (Å²) in [4.78, 5) is 26.8. The van der Waals surface area contributed by atoms with Crippen LogP contribution in [0.5, 0.6) is 0 Å². The zero-order valence-electron chi connectivity index (χ0n) is 16.5. The molecule has 4 rings (SSSR count). The Balaban J connectivity index is 1.36. The number of alkyl halides is 2. The number of carbonyl (C=O) groups is 2. The molecule has 0 radical (unpaired) electrons. The second kappa shape index (κ2) is 8.64. The minimum Gasteiger partial charge on any atom is -0.367 e. The van der Waals surface area contributed by atoms with Crippen molar-refractivity contribution in [1.29, 1.82) is 0 Å². The summed E-state index contributed by atoms with van der Waals surface area (Å²) in [7, 11) is 0. The van der Waals surface area contributed by atoms with E-state index < -0.39 is 28.9 Å². The highest BCUT2D eigenvalue weighted by molar-refractivity contribution is 8.30. The maximum atomic E-state index is 14.8. The minimum atomic E-state index is -2.75. The summed E-state index contributed by atoms with van der Waals surface area (Å²) in [5, 5.41) is 4.68. The van der Waals surface area contributed by atoms with Crippen molar-refractivity contribution < 1.29 is 22.8 Å². The molecule has 3 aliphatic heterocycles. The second-order valence-corrected chi connectivity index (χ2v) is 9.73. The van der Waals surface area contributed by atoms with Gasteiger partial charge in [0.25, 0.3) is 11.2 Å². The van der Waals surface area contributed by atoms with E-state index in [1.165, 1.54) is 6.07 Å². The van der Waals surface area contributed by atoms with E-state index in [4.69, 9.17) is 0 Å². The summed E-state index contributed by atoms with van der Waals surface area (Å²) in [5.74, 6) is -3.05. The lowest BCUT2D eigenvalue weighted by atomic mass is 9.99. The van der Waals surface area contributed by atoms with Crippen LogP contribution in [0.25, 0.3) is 0 Å². The normalized spacial score (nSPS) is 28.8. The predicted molar refractivity (Wildman–Crippen MR) is 112 cm³/mol. The number of nitrogens with zero attached hydrogens (tertiary/aromatic N) is 2. The molecule has 3 N–H and O–H groups in total. The number of rotatable bonds is 4. The van der Waals surface area contributed by atoms with Crippen molar-refractivity contribution >= 4 is 33.6 Å². The standard InChI is InChI=1S/C19H26F3N5O2S/c20-14-11-13(25-30-10-4-17(28)24-18(30)29)1-2-15(14)26-6-8-27(9-7-26)16-3-5-23-12-19(16,21)22/h1-2,11,16,23,25,30H,3-10,12H2,(H,24,28,29). The van der Waals surface area contributed by atoms with E-state index in [0.29, 0.717) is 56.3 Å². The fraction of sp³-hybridized carbons (Fsp3) is 0.579. The van der Waals surface area contributed by atoms with Gasteiger partial charge in [-0.2, -0.15) is 0 Å². The van der Waals surface area contributed by atoms with Crippen molar-refractivity contribution in [3.05, 3.63) is 24.0 Å². The molecule has 2 unspecified atom stereocenters. The highest BCUT2D eigenvalue weighted by atomic mass is 32.2. The van der Waals surface area contributed by atoms with Crippen molar-refractivity contribution in [1.82, 2.24) is 15.5 Å². The van der Waals surface area contributed by atoms with Gasteiger partial charge in [-0.15, -0.1) is 11.1 Å². The average molecular weight is 446 g/mol. The first-order valence-electron chi connectivity index (χ1n) is 10.1. The van der Waals surface area contributed by atoms with Crippen molar-refractivity contribution in [2.45, 2.75) is 24.8 Å². The molecule has 2 atom stereocenters. The summed E-state index contributed by atoms with van der Waals surface area (Å²) in [6.45, 7) is 2.15. The monoisotopic (exact) mass is 445 g/mol. The molecule has 7 nitrogen and oxygen atoms in total. The average Bonchev–Trinajstić information content (AvgIpc) is 2.70. The lowest BCUT2D eigenvalue weighted by Crippen LogP contribution is -2.61. The van der Waals surface area contributed by atoms with Crippen LogP contribution in [0.3, 0.4) is 0 Å². The van der Waals surface area contributed by atoms with Crippen LogP contribution in [0.15, 0.2) is 18.2 Å². The van der Waals surface area contributed by atoms with E-state index in [0.717, 1.165) is 0 Å². The van der Waals surface area contributed by atoms with Crippen LogP contribution in [0.1, 0.15) is 12.8 Å². The van der Waals surface area contributed by atoms with Gasteiger partial charge in [-0.25, -0.2) is 13.2 Å². The van der Waals surface area contributed by atoms with Gasteiger partial charge in [0.15, 0.2) is 0 Å². The first kappa shape index (κ1) is 21.3. The second-order valence-electron chi connectivity index (χ2n) is 7.80. The van der Waals surface area contributed by atoms with Crippen molar-refractivity contribution in [3.8, 4) is 0 Å². The lowest BCUT2D eigenvalue weighted by molar-refractivity contribution is -0.119. The molecule has 3 saturated heterocycles. The number of carbonyl (C=O) groups excluding carboxylic acids is 2. The van der Waals surface area contributed by atoms with Crippen molar-refractivity contribution in [2.24, 2.45) is 0 Å². The molecule has 0 aliphatic carbocycles. The van der Waals surface area contributed by atoms with E-state index in [1.807, 2.05) is 9.80 Å². The number of halogens is 3. The quantitative estimate of drug-likeness (QED) is 0.531. The number of hydrogen-bond donors (Lipinski definition) is 4. The topological polar surface area (TPSA) is 76.7 Å². The van der Waals surface area contributed by atoms with E-state index in [-0.39, 0.29) is 24.1 Å². The van der Waals surface area contributed by atoms with Crippen LogP contribution < -0.4 is 20.3 Å². The third-order valence-electron chi connectivity index (χ3n) is 5.80. The van der Waals surface area contributed by atoms with Gasteiger partial charge in [0.05, 0.1) is 18.3 Å². The Kier molecular flexibility index (Phi) is 6.12. The third kappa shape index (κ3) is 4.52. The number of piperidine rings is 1. The SMILES string of the molecule is O=C1CC[SH](Nc2ccc(N3CCN(C4CCNCC4(F)F)CC3)c(F)c2)C(=O)N1. The van der Waals surface area contributed by atoms with Gasteiger partial charge >= 0.3 is 0 Å². The minimum absolute atomic E-state index is 0.269. The number of hydrogen-bond acceptors (Lipinski definition) is 6. The van der Waals surface area contributed by atoms with Crippen LogP contribution in [0.2, 0.25) is 0 Å². The largest absolute Gasteiger partial charge is 0.367 e. The number of benzene rings is 1. The van der Waals surface area contributed by atoms with E-state index in [9.17, 15) is 22.8 Å². The maximum Gasteiger partial charge on any atom is 0.282 e. The number of anilines is 2. The van der Waals surface area contributed by atoms with E-state index in [2.05, 4.69) is 15.4 Å². The predicted octanol–water partition coefficient (Wildman–Crippen LogP) is 1.91. The molecule has 0 aromatic heterocycles. The zero-order chi connectivity index (χ0) is 21.3. The molecular weight excluding hydrogens is 419 g/mol. The van der Waals surface area contributed by atoms with Crippen LogP contribution in [0, 0.1) is 5.82 Å². The van der Waals surface area contributed by atoms with Gasteiger partial charge in [-0.05, 0) is 31.2 Å².